The van der Waals surface area contributed by atoms with E-state index in [4.69, 9.17) is 16.3 Å². The first-order valence-corrected chi connectivity index (χ1v) is 8.30. The van der Waals surface area contributed by atoms with E-state index in [0.717, 1.165) is 39.9 Å². The Morgan fingerprint density at radius 2 is 1.88 bits per heavy atom. The van der Waals surface area contributed by atoms with E-state index in [1.165, 1.54) is 0 Å². The van der Waals surface area contributed by atoms with Crippen molar-refractivity contribution >= 4 is 27.7 Å². The van der Waals surface area contributed by atoms with E-state index >= 15 is 0 Å². The fraction of sp³-hybridized carbons (Fsp3) is 0.200. The molecule has 0 spiro atoms. The first-order valence-electron chi connectivity index (χ1n) is 7.93. The molecule has 3 nitrogen and oxygen atoms in total. The summed E-state index contributed by atoms with van der Waals surface area (Å²) in [6.45, 7) is 4.74. The molecule has 4 heteroatoms. The minimum atomic E-state index is -0.475. The average Bonchev–Trinajstić information content (AvgIpc) is 2.59. The highest BCUT2D eigenvalue weighted by Gasteiger charge is 2.12. The summed E-state index contributed by atoms with van der Waals surface area (Å²) in [5.74, 6) is 0.825. The van der Waals surface area contributed by atoms with Crippen molar-refractivity contribution < 1.29 is 9.53 Å². The number of aryl methyl sites for hydroxylation is 1. The summed E-state index contributed by atoms with van der Waals surface area (Å²) in [5.41, 5.74) is 3.94. The van der Waals surface area contributed by atoms with Crippen LogP contribution >= 0.6 is 11.6 Å². The molecule has 1 aromatic heterocycles. The molecule has 3 aromatic rings. The number of hydrogen-bond donors (Lipinski definition) is 0. The Labute approximate surface area is 146 Å². The maximum Gasteiger partial charge on any atom is 0.253 e. The smallest absolute Gasteiger partial charge is 0.253 e. The summed E-state index contributed by atoms with van der Waals surface area (Å²) in [7, 11) is 0. The number of benzene rings is 2. The fourth-order valence-corrected chi connectivity index (χ4v) is 2.75. The fourth-order valence-electron chi connectivity index (χ4n) is 2.59. The molecule has 0 amide bonds. The normalized spacial score (nSPS) is 10.8. The number of hydrogen-bond acceptors (Lipinski definition) is 3. The summed E-state index contributed by atoms with van der Waals surface area (Å²) in [5, 5.41) is 0.304. The molecule has 122 valence electrons. The Bertz CT molecular complexity index is 888. The van der Waals surface area contributed by atoms with Crippen LogP contribution in [-0.4, -0.2) is 16.8 Å². The summed E-state index contributed by atoms with van der Waals surface area (Å²) in [4.78, 5) is 16.5. The van der Waals surface area contributed by atoms with Gasteiger partial charge in [-0.25, -0.2) is 4.98 Å². The zero-order valence-electron chi connectivity index (χ0n) is 13.7. The minimum absolute atomic E-state index is 0.475. The Morgan fingerprint density at radius 3 is 2.54 bits per heavy atom. The van der Waals surface area contributed by atoms with Crippen molar-refractivity contribution in [1.82, 2.24) is 4.98 Å². The molecule has 0 N–H and O–H groups in total. The van der Waals surface area contributed by atoms with E-state index in [0.29, 0.717) is 12.2 Å². The van der Waals surface area contributed by atoms with Crippen LogP contribution in [-0.2, 0) is 0 Å². The van der Waals surface area contributed by atoms with Gasteiger partial charge in [-0.3, -0.25) is 4.79 Å². The quantitative estimate of drug-likeness (QED) is 0.586. The molecule has 0 saturated carbocycles. The molecule has 0 atom stereocenters. The molecule has 1 heterocycles. The van der Waals surface area contributed by atoms with Gasteiger partial charge in [0.05, 0.1) is 17.8 Å². The van der Waals surface area contributed by atoms with Crippen molar-refractivity contribution in [1.29, 1.82) is 0 Å². The second-order valence-electron chi connectivity index (χ2n) is 5.72. The molecule has 0 aliphatic rings. The predicted octanol–water partition coefficient (Wildman–Crippen LogP) is 5.38. The predicted molar refractivity (Wildman–Crippen MR) is 97.9 cm³/mol. The van der Waals surface area contributed by atoms with Gasteiger partial charge in [-0.2, -0.15) is 0 Å². The topological polar surface area (TPSA) is 39.2 Å². The molecule has 0 aliphatic carbocycles. The molecule has 0 saturated heterocycles. The Kier molecular flexibility index (Phi) is 4.81. The van der Waals surface area contributed by atoms with Gasteiger partial charge in [-0.05, 0) is 67.4 Å². The second-order valence-corrected chi connectivity index (χ2v) is 6.07. The standard InChI is InChI=1S/C20H18ClNO2/c1-3-10-24-15-7-5-14(6-8-15)19-12-17(20(21)23)16-11-13(2)4-9-18(16)22-19/h4-9,11-12H,3,10H2,1-2H3. The molecule has 2 aromatic carbocycles. The van der Waals surface area contributed by atoms with E-state index in [1.807, 2.05) is 49.4 Å². The zero-order chi connectivity index (χ0) is 17.1. The lowest BCUT2D eigenvalue weighted by atomic mass is 10.0. The highest BCUT2D eigenvalue weighted by molar-refractivity contribution is 6.68. The lowest BCUT2D eigenvalue weighted by Gasteiger charge is -2.09. The number of nitrogens with zero attached hydrogens (tertiary/aromatic N) is 1. The number of carbonyl (C=O) groups is 1. The van der Waals surface area contributed by atoms with Gasteiger partial charge in [0.1, 0.15) is 5.75 Å². The monoisotopic (exact) mass is 339 g/mol. The third-order valence-corrected chi connectivity index (χ3v) is 4.00. The molecule has 0 fully saturated rings. The van der Waals surface area contributed by atoms with E-state index in [9.17, 15) is 4.79 Å². The van der Waals surface area contributed by atoms with Gasteiger partial charge in [0.25, 0.3) is 5.24 Å². The maximum absolute atomic E-state index is 11.8. The van der Waals surface area contributed by atoms with Crippen molar-refractivity contribution in [3.63, 3.8) is 0 Å². The van der Waals surface area contributed by atoms with Crippen LogP contribution in [0.15, 0.2) is 48.5 Å². The molecule has 0 bridgehead atoms. The molecular formula is C20H18ClNO2. The van der Waals surface area contributed by atoms with E-state index in [-0.39, 0.29) is 0 Å². The average molecular weight is 340 g/mol. The third-order valence-electron chi connectivity index (χ3n) is 3.80. The maximum atomic E-state index is 11.8. The van der Waals surface area contributed by atoms with Crippen LogP contribution in [0.3, 0.4) is 0 Å². The van der Waals surface area contributed by atoms with Crippen LogP contribution in [0.25, 0.3) is 22.2 Å². The van der Waals surface area contributed by atoms with Gasteiger partial charge in [0.15, 0.2) is 0 Å². The molecule has 24 heavy (non-hydrogen) atoms. The summed E-state index contributed by atoms with van der Waals surface area (Å²) in [6.07, 6.45) is 0.967. The van der Waals surface area contributed by atoms with E-state index < -0.39 is 5.24 Å². The molecule has 0 radical (unpaired) electrons. The molecular weight excluding hydrogens is 322 g/mol. The Balaban J connectivity index is 2.06. The van der Waals surface area contributed by atoms with Gasteiger partial charge in [-0.1, -0.05) is 18.6 Å². The van der Waals surface area contributed by atoms with Crippen molar-refractivity contribution in [2.45, 2.75) is 20.3 Å². The minimum Gasteiger partial charge on any atom is -0.494 e. The number of carbonyl (C=O) groups excluding carboxylic acids is 1. The number of rotatable bonds is 5. The van der Waals surface area contributed by atoms with Crippen molar-refractivity contribution in [3.05, 3.63) is 59.7 Å². The number of pyridine rings is 1. The van der Waals surface area contributed by atoms with Gasteiger partial charge in [-0.15, -0.1) is 0 Å². The lowest BCUT2D eigenvalue weighted by Crippen LogP contribution is -1.97. The SMILES string of the molecule is CCCOc1ccc(-c2cc(C(=O)Cl)c3cc(C)ccc3n2)cc1. The Hall–Kier alpha value is -2.39. The van der Waals surface area contributed by atoms with Gasteiger partial charge in [0, 0.05) is 16.5 Å². The number of ether oxygens (including phenoxy) is 1. The number of aromatic nitrogens is 1. The van der Waals surface area contributed by atoms with Crippen LogP contribution in [0.5, 0.6) is 5.75 Å². The first-order chi connectivity index (χ1) is 11.6. The van der Waals surface area contributed by atoms with E-state index in [2.05, 4.69) is 11.9 Å². The molecule has 0 aliphatic heterocycles. The van der Waals surface area contributed by atoms with Gasteiger partial charge < -0.3 is 4.74 Å². The zero-order valence-corrected chi connectivity index (χ0v) is 14.4. The van der Waals surface area contributed by atoms with Crippen LogP contribution < -0.4 is 4.74 Å². The van der Waals surface area contributed by atoms with E-state index in [1.54, 1.807) is 6.07 Å². The highest BCUT2D eigenvalue weighted by atomic mass is 35.5. The van der Waals surface area contributed by atoms with Gasteiger partial charge >= 0.3 is 0 Å². The first kappa shape index (κ1) is 16.5. The molecule has 0 unspecified atom stereocenters. The lowest BCUT2D eigenvalue weighted by molar-refractivity contribution is 0.108. The van der Waals surface area contributed by atoms with Crippen molar-refractivity contribution in [2.24, 2.45) is 0 Å². The number of fused-ring (bicyclic) bond motifs is 1. The summed E-state index contributed by atoms with van der Waals surface area (Å²) in [6, 6.07) is 15.3. The van der Waals surface area contributed by atoms with Crippen LogP contribution in [0.4, 0.5) is 0 Å². The van der Waals surface area contributed by atoms with Crippen LogP contribution in [0.1, 0.15) is 29.3 Å². The summed E-state index contributed by atoms with van der Waals surface area (Å²) < 4.78 is 5.60. The Morgan fingerprint density at radius 1 is 1.12 bits per heavy atom. The number of halogens is 1. The van der Waals surface area contributed by atoms with Crippen molar-refractivity contribution in [2.75, 3.05) is 6.61 Å². The highest BCUT2D eigenvalue weighted by Crippen LogP contribution is 2.28. The molecule has 3 rings (SSSR count). The summed E-state index contributed by atoms with van der Waals surface area (Å²) >= 11 is 5.79. The van der Waals surface area contributed by atoms with Crippen molar-refractivity contribution in [3.8, 4) is 17.0 Å². The van der Waals surface area contributed by atoms with Gasteiger partial charge in [0.2, 0.25) is 0 Å². The van der Waals surface area contributed by atoms with Crippen LogP contribution in [0, 0.1) is 6.92 Å². The third kappa shape index (κ3) is 3.41. The largest absolute Gasteiger partial charge is 0.494 e. The van der Waals surface area contributed by atoms with Crippen LogP contribution in [0.2, 0.25) is 0 Å². The second kappa shape index (κ2) is 7.02.